The fraction of sp³-hybridized carbons (Fsp3) is 0.333. The van der Waals surface area contributed by atoms with E-state index in [4.69, 9.17) is 9.52 Å². The molecular formula is C15H17NO3. The Hall–Kier alpha value is -2.10. The number of oxazole rings is 1. The van der Waals surface area contributed by atoms with Crippen molar-refractivity contribution in [3.63, 3.8) is 0 Å². The van der Waals surface area contributed by atoms with Gasteiger partial charge in [0.25, 0.3) is 0 Å². The van der Waals surface area contributed by atoms with Gasteiger partial charge in [-0.15, -0.1) is 0 Å². The topological polar surface area (TPSA) is 63.3 Å². The normalized spacial score (nSPS) is 10.9. The molecule has 0 aliphatic carbocycles. The van der Waals surface area contributed by atoms with E-state index in [-0.39, 0.29) is 6.42 Å². The number of aryl methyl sites for hydroxylation is 1. The number of carboxylic acid groups (broad SMARTS) is 1. The maximum absolute atomic E-state index is 10.7. The van der Waals surface area contributed by atoms with E-state index in [1.54, 1.807) is 6.92 Å². The minimum atomic E-state index is -0.905. The van der Waals surface area contributed by atoms with Crippen LogP contribution in [0.3, 0.4) is 0 Å². The lowest BCUT2D eigenvalue weighted by Crippen LogP contribution is -2.01. The average Bonchev–Trinajstić information content (AvgIpc) is 2.70. The van der Waals surface area contributed by atoms with Crippen LogP contribution in [-0.4, -0.2) is 16.1 Å². The van der Waals surface area contributed by atoms with E-state index >= 15 is 0 Å². The molecule has 0 aliphatic rings. The molecule has 4 nitrogen and oxygen atoms in total. The van der Waals surface area contributed by atoms with E-state index in [0.717, 1.165) is 5.56 Å². The molecule has 0 unspecified atom stereocenters. The number of hydrogen-bond acceptors (Lipinski definition) is 3. The Bertz CT molecular complexity index is 582. The van der Waals surface area contributed by atoms with Crippen molar-refractivity contribution in [1.82, 2.24) is 4.98 Å². The van der Waals surface area contributed by atoms with Crippen LogP contribution in [-0.2, 0) is 11.2 Å². The Morgan fingerprint density at radius 3 is 2.47 bits per heavy atom. The quantitative estimate of drug-likeness (QED) is 0.914. The summed E-state index contributed by atoms with van der Waals surface area (Å²) in [5.41, 5.74) is 2.59. The molecule has 1 heterocycles. The van der Waals surface area contributed by atoms with Gasteiger partial charge in [0.05, 0.1) is 12.1 Å². The highest BCUT2D eigenvalue weighted by Crippen LogP contribution is 2.24. The van der Waals surface area contributed by atoms with Gasteiger partial charge < -0.3 is 9.52 Å². The second-order valence-corrected chi connectivity index (χ2v) is 4.87. The van der Waals surface area contributed by atoms with Crippen LogP contribution in [0, 0.1) is 6.92 Å². The van der Waals surface area contributed by atoms with Crippen molar-refractivity contribution in [1.29, 1.82) is 0 Å². The van der Waals surface area contributed by atoms with E-state index in [1.807, 2.05) is 24.3 Å². The highest BCUT2D eigenvalue weighted by atomic mass is 16.4. The number of aliphatic carboxylic acids is 1. The van der Waals surface area contributed by atoms with Gasteiger partial charge in [-0.05, 0) is 30.5 Å². The lowest BCUT2D eigenvalue weighted by atomic mass is 10.0. The first-order chi connectivity index (χ1) is 8.97. The molecule has 1 N–H and O–H groups in total. The summed E-state index contributed by atoms with van der Waals surface area (Å²) in [6, 6.07) is 7.98. The maximum Gasteiger partial charge on any atom is 0.309 e. The second kappa shape index (κ2) is 5.26. The van der Waals surface area contributed by atoms with Gasteiger partial charge in [-0.3, -0.25) is 4.79 Å². The summed E-state index contributed by atoms with van der Waals surface area (Å²) in [5.74, 6) is 0.607. The Balaban J connectivity index is 2.29. The SMILES string of the molecule is Cc1oc(-c2ccc(C(C)C)cc2)nc1CC(=O)O. The molecule has 0 spiro atoms. The number of carboxylic acids is 1. The van der Waals surface area contributed by atoms with E-state index in [1.165, 1.54) is 5.56 Å². The zero-order valence-corrected chi connectivity index (χ0v) is 11.3. The molecule has 0 saturated heterocycles. The van der Waals surface area contributed by atoms with Gasteiger partial charge in [0.1, 0.15) is 5.76 Å². The molecule has 2 rings (SSSR count). The smallest absolute Gasteiger partial charge is 0.309 e. The molecule has 2 aromatic rings. The van der Waals surface area contributed by atoms with Crippen LogP contribution in [0.25, 0.3) is 11.5 Å². The lowest BCUT2D eigenvalue weighted by molar-refractivity contribution is -0.136. The average molecular weight is 259 g/mol. The number of benzene rings is 1. The highest BCUT2D eigenvalue weighted by Gasteiger charge is 2.14. The fourth-order valence-electron chi connectivity index (χ4n) is 1.87. The van der Waals surface area contributed by atoms with E-state index in [9.17, 15) is 4.79 Å². The minimum absolute atomic E-state index is 0.112. The second-order valence-electron chi connectivity index (χ2n) is 4.87. The van der Waals surface area contributed by atoms with E-state index < -0.39 is 5.97 Å². The van der Waals surface area contributed by atoms with Crippen LogP contribution in [0.5, 0.6) is 0 Å². The van der Waals surface area contributed by atoms with Crippen LogP contribution < -0.4 is 0 Å². The number of carbonyl (C=O) groups is 1. The Morgan fingerprint density at radius 1 is 1.32 bits per heavy atom. The fourth-order valence-corrected chi connectivity index (χ4v) is 1.87. The Morgan fingerprint density at radius 2 is 1.95 bits per heavy atom. The number of hydrogen-bond donors (Lipinski definition) is 1. The molecule has 19 heavy (non-hydrogen) atoms. The third kappa shape index (κ3) is 3.02. The van der Waals surface area contributed by atoms with Crippen molar-refractivity contribution in [3.05, 3.63) is 41.3 Å². The largest absolute Gasteiger partial charge is 0.481 e. The van der Waals surface area contributed by atoms with Crippen LogP contribution >= 0.6 is 0 Å². The summed E-state index contributed by atoms with van der Waals surface area (Å²) in [4.78, 5) is 15.0. The Labute approximate surface area is 112 Å². The van der Waals surface area contributed by atoms with E-state index in [2.05, 4.69) is 18.8 Å². The van der Waals surface area contributed by atoms with Crippen molar-refractivity contribution in [2.45, 2.75) is 33.1 Å². The van der Waals surface area contributed by atoms with Crippen molar-refractivity contribution < 1.29 is 14.3 Å². The molecule has 1 aromatic carbocycles. The molecule has 0 saturated carbocycles. The molecule has 0 radical (unpaired) electrons. The van der Waals surface area contributed by atoms with Gasteiger partial charge in [-0.25, -0.2) is 4.98 Å². The van der Waals surface area contributed by atoms with Gasteiger partial charge in [0.15, 0.2) is 0 Å². The van der Waals surface area contributed by atoms with Gasteiger partial charge in [-0.2, -0.15) is 0 Å². The molecule has 1 aromatic heterocycles. The summed E-state index contributed by atoms with van der Waals surface area (Å²) in [6.45, 7) is 6.00. The predicted molar refractivity (Wildman–Crippen MR) is 72.1 cm³/mol. The molecule has 100 valence electrons. The summed E-state index contributed by atoms with van der Waals surface area (Å²) in [7, 11) is 0. The third-order valence-electron chi connectivity index (χ3n) is 3.04. The maximum atomic E-state index is 10.7. The van der Waals surface area contributed by atoms with Crippen LogP contribution in [0.2, 0.25) is 0 Å². The predicted octanol–water partition coefficient (Wildman–Crippen LogP) is 3.40. The van der Waals surface area contributed by atoms with E-state index in [0.29, 0.717) is 23.3 Å². The molecule has 0 aliphatic heterocycles. The first-order valence-corrected chi connectivity index (χ1v) is 6.26. The molecule has 0 atom stereocenters. The minimum Gasteiger partial charge on any atom is -0.481 e. The summed E-state index contributed by atoms with van der Waals surface area (Å²) in [6.07, 6.45) is -0.112. The van der Waals surface area contributed by atoms with Crippen LogP contribution in [0.4, 0.5) is 0 Å². The van der Waals surface area contributed by atoms with Crippen molar-refractivity contribution in [3.8, 4) is 11.5 Å². The van der Waals surface area contributed by atoms with Crippen LogP contribution in [0.15, 0.2) is 28.7 Å². The molecular weight excluding hydrogens is 242 g/mol. The molecule has 0 fully saturated rings. The summed E-state index contributed by atoms with van der Waals surface area (Å²) < 4.78 is 5.53. The van der Waals surface area contributed by atoms with Crippen molar-refractivity contribution in [2.75, 3.05) is 0 Å². The van der Waals surface area contributed by atoms with Crippen molar-refractivity contribution in [2.24, 2.45) is 0 Å². The number of rotatable bonds is 4. The van der Waals surface area contributed by atoms with Gasteiger partial charge in [-0.1, -0.05) is 26.0 Å². The summed E-state index contributed by atoms with van der Waals surface area (Å²) >= 11 is 0. The van der Waals surface area contributed by atoms with Crippen molar-refractivity contribution >= 4 is 5.97 Å². The number of nitrogens with zero attached hydrogens (tertiary/aromatic N) is 1. The lowest BCUT2D eigenvalue weighted by Gasteiger charge is -2.04. The van der Waals surface area contributed by atoms with Gasteiger partial charge in [0, 0.05) is 5.56 Å². The third-order valence-corrected chi connectivity index (χ3v) is 3.04. The zero-order valence-electron chi connectivity index (χ0n) is 11.3. The van der Waals surface area contributed by atoms with Gasteiger partial charge in [0.2, 0.25) is 5.89 Å². The zero-order chi connectivity index (χ0) is 14.0. The molecule has 0 bridgehead atoms. The van der Waals surface area contributed by atoms with Gasteiger partial charge >= 0.3 is 5.97 Å². The summed E-state index contributed by atoms with van der Waals surface area (Å²) in [5, 5.41) is 8.79. The first-order valence-electron chi connectivity index (χ1n) is 6.26. The molecule has 0 amide bonds. The highest BCUT2D eigenvalue weighted by molar-refractivity contribution is 5.70. The molecule has 4 heteroatoms. The van der Waals surface area contributed by atoms with Crippen LogP contribution in [0.1, 0.15) is 36.8 Å². The number of aromatic nitrogens is 1. The standard InChI is InChI=1S/C15H17NO3/c1-9(2)11-4-6-12(7-5-11)15-16-13(8-14(17)18)10(3)19-15/h4-7,9H,8H2,1-3H3,(H,17,18). The first kappa shape index (κ1) is 13.3. The Kier molecular flexibility index (Phi) is 3.69. The monoisotopic (exact) mass is 259 g/mol.